The number of imidazole rings is 1. The first kappa shape index (κ1) is 25.5. The zero-order valence-electron chi connectivity index (χ0n) is 22.2. The standard InChI is InChI=1S/C31H30N6O3/c1-20-32-18-28(33-20)22-9-11-24(12-10-22)34-30(23-7-5-21(6-8-23)19-36-15-3-2-4-16-36)29-26-17-25(37(39)40)13-14-27(26)35-31(29)38/h5-14,17-18,35,38H,2-4,15-16,19H2,1H3,(H,32,33). The third-order valence-electron chi connectivity index (χ3n) is 7.41. The fraction of sp³-hybridized carbons (Fsp3) is 0.226. The van der Waals surface area contributed by atoms with Crippen LogP contribution in [0.2, 0.25) is 0 Å². The number of benzene rings is 3. The Kier molecular flexibility index (Phi) is 6.88. The number of aromatic hydroxyl groups is 1. The monoisotopic (exact) mass is 534 g/mol. The van der Waals surface area contributed by atoms with Crippen molar-refractivity contribution in [1.29, 1.82) is 0 Å². The number of nitrogens with zero attached hydrogens (tertiary/aromatic N) is 4. The lowest BCUT2D eigenvalue weighted by molar-refractivity contribution is -0.384. The van der Waals surface area contributed by atoms with Gasteiger partial charge in [-0.3, -0.25) is 15.0 Å². The predicted molar refractivity (Wildman–Crippen MR) is 156 cm³/mol. The summed E-state index contributed by atoms with van der Waals surface area (Å²) in [7, 11) is 0. The Balaban J connectivity index is 1.42. The van der Waals surface area contributed by atoms with Crippen LogP contribution in [0.3, 0.4) is 0 Å². The van der Waals surface area contributed by atoms with Crippen LogP contribution in [0.5, 0.6) is 5.88 Å². The summed E-state index contributed by atoms with van der Waals surface area (Å²) in [4.78, 5) is 29.0. The molecule has 6 rings (SSSR count). The average Bonchev–Trinajstić information content (AvgIpc) is 3.55. The highest BCUT2D eigenvalue weighted by Gasteiger charge is 2.21. The number of aryl methyl sites for hydroxylation is 1. The first-order chi connectivity index (χ1) is 19.4. The van der Waals surface area contributed by atoms with Gasteiger partial charge in [-0.1, -0.05) is 42.8 Å². The maximum atomic E-state index is 11.5. The van der Waals surface area contributed by atoms with Gasteiger partial charge in [0.2, 0.25) is 0 Å². The van der Waals surface area contributed by atoms with E-state index >= 15 is 0 Å². The number of nitro groups is 1. The highest BCUT2D eigenvalue weighted by atomic mass is 16.6. The molecular formula is C31H30N6O3. The summed E-state index contributed by atoms with van der Waals surface area (Å²) in [5.74, 6) is 0.753. The number of aliphatic imine (C=N–C) groups is 1. The van der Waals surface area contributed by atoms with Crippen molar-refractivity contribution in [3.05, 3.63) is 106 Å². The van der Waals surface area contributed by atoms with E-state index in [4.69, 9.17) is 4.99 Å². The molecule has 40 heavy (non-hydrogen) atoms. The molecule has 9 nitrogen and oxygen atoms in total. The van der Waals surface area contributed by atoms with Gasteiger partial charge in [-0.05, 0) is 62.2 Å². The van der Waals surface area contributed by atoms with Gasteiger partial charge in [0.1, 0.15) is 5.82 Å². The predicted octanol–water partition coefficient (Wildman–Crippen LogP) is 6.64. The summed E-state index contributed by atoms with van der Waals surface area (Å²) in [6, 6.07) is 20.5. The molecule has 0 saturated carbocycles. The molecule has 1 fully saturated rings. The Bertz CT molecular complexity index is 1690. The van der Waals surface area contributed by atoms with Crippen molar-refractivity contribution in [3.8, 4) is 17.1 Å². The summed E-state index contributed by atoms with van der Waals surface area (Å²) in [5.41, 5.74) is 6.09. The van der Waals surface area contributed by atoms with Crippen molar-refractivity contribution in [2.75, 3.05) is 13.1 Å². The Hall–Kier alpha value is -4.76. The maximum Gasteiger partial charge on any atom is 0.270 e. The molecule has 9 heteroatoms. The lowest BCUT2D eigenvalue weighted by Crippen LogP contribution is -2.29. The minimum absolute atomic E-state index is 0.0526. The average molecular weight is 535 g/mol. The number of nitrogens with one attached hydrogen (secondary N) is 2. The third-order valence-corrected chi connectivity index (χ3v) is 7.41. The Labute approximate surface area is 231 Å². The van der Waals surface area contributed by atoms with Crippen LogP contribution < -0.4 is 0 Å². The van der Waals surface area contributed by atoms with Gasteiger partial charge in [-0.2, -0.15) is 0 Å². The smallest absolute Gasteiger partial charge is 0.270 e. The number of likely N-dealkylation sites (tertiary alicyclic amines) is 1. The van der Waals surface area contributed by atoms with Gasteiger partial charge in [-0.25, -0.2) is 9.98 Å². The van der Waals surface area contributed by atoms with Crippen molar-refractivity contribution < 1.29 is 10.0 Å². The van der Waals surface area contributed by atoms with Crippen molar-refractivity contribution in [1.82, 2.24) is 19.9 Å². The normalized spacial score (nSPS) is 14.6. The van der Waals surface area contributed by atoms with Crippen LogP contribution in [-0.2, 0) is 6.54 Å². The number of non-ortho nitro benzene ring substituents is 1. The number of fused-ring (bicyclic) bond motifs is 1. The second-order valence-corrected chi connectivity index (χ2v) is 10.3. The van der Waals surface area contributed by atoms with E-state index in [1.54, 1.807) is 12.3 Å². The number of H-pyrrole nitrogens is 2. The molecule has 1 aliphatic rings. The fourth-order valence-electron chi connectivity index (χ4n) is 5.34. The number of hydrogen-bond acceptors (Lipinski definition) is 6. The molecule has 3 N–H and O–H groups in total. The van der Waals surface area contributed by atoms with E-state index in [0.29, 0.717) is 27.9 Å². The molecule has 2 aromatic heterocycles. The van der Waals surface area contributed by atoms with E-state index < -0.39 is 4.92 Å². The number of aromatic nitrogens is 3. The number of rotatable bonds is 7. The quantitative estimate of drug-likeness (QED) is 0.123. The van der Waals surface area contributed by atoms with Crippen LogP contribution in [0.4, 0.5) is 11.4 Å². The molecular weight excluding hydrogens is 504 g/mol. The molecule has 0 unspecified atom stereocenters. The lowest BCUT2D eigenvalue weighted by atomic mass is 9.99. The molecule has 0 atom stereocenters. The van der Waals surface area contributed by atoms with E-state index in [-0.39, 0.29) is 11.6 Å². The number of piperidine rings is 1. The van der Waals surface area contributed by atoms with Gasteiger partial charge in [0.25, 0.3) is 5.69 Å². The third kappa shape index (κ3) is 5.23. The molecule has 0 aliphatic carbocycles. The highest BCUT2D eigenvalue weighted by molar-refractivity contribution is 6.22. The van der Waals surface area contributed by atoms with Crippen LogP contribution >= 0.6 is 0 Å². The van der Waals surface area contributed by atoms with Gasteiger partial charge in [0.05, 0.1) is 33.8 Å². The summed E-state index contributed by atoms with van der Waals surface area (Å²) in [5, 5.41) is 23.1. The topological polar surface area (TPSA) is 123 Å². The second-order valence-electron chi connectivity index (χ2n) is 10.3. The van der Waals surface area contributed by atoms with Crippen LogP contribution in [0.25, 0.3) is 22.2 Å². The van der Waals surface area contributed by atoms with Crippen molar-refractivity contribution >= 4 is 28.0 Å². The molecule has 5 aromatic rings. The molecule has 202 valence electrons. The number of nitro benzene ring substituents is 1. The van der Waals surface area contributed by atoms with E-state index in [1.165, 1.54) is 37.0 Å². The zero-order chi connectivity index (χ0) is 27.6. The van der Waals surface area contributed by atoms with Crippen LogP contribution in [0, 0.1) is 17.0 Å². The molecule has 0 bridgehead atoms. The van der Waals surface area contributed by atoms with Gasteiger partial charge < -0.3 is 15.1 Å². The zero-order valence-corrected chi connectivity index (χ0v) is 22.2. The van der Waals surface area contributed by atoms with E-state index in [1.807, 2.05) is 43.3 Å². The SMILES string of the molecule is Cc1ncc(-c2ccc(N=C(c3ccc(CN4CCCCC4)cc3)c3c(O)[nH]c4ccc([N+](=O)[O-])cc34)cc2)[nH]1. The highest BCUT2D eigenvalue weighted by Crippen LogP contribution is 2.34. The molecule has 1 aliphatic heterocycles. The molecule has 0 radical (unpaired) electrons. The fourth-order valence-corrected chi connectivity index (χ4v) is 5.34. The lowest BCUT2D eigenvalue weighted by Gasteiger charge is -2.26. The van der Waals surface area contributed by atoms with E-state index in [9.17, 15) is 15.2 Å². The van der Waals surface area contributed by atoms with Gasteiger partial charge in [0.15, 0.2) is 5.88 Å². The maximum absolute atomic E-state index is 11.5. The minimum Gasteiger partial charge on any atom is -0.494 e. The van der Waals surface area contributed by atoms with Crippen LogP contribution in [-0.4, -0.2) is 48.7 Å². The van der Waals surface area contributed by atoms with Crippen molar-refractivity contribution in [2.45, 2.75) is 32.7 Å². The number of hydrogen-bond donors (Lipinski definition) is 3. The van der Waals surface area contributed by atoms with Crippen molar-refractivity contribution in [3.63, 3.8) is 0 Å². The van der Waals surface area contributed by atoms with Gasteiger partial charge >= 0.3 is 0 Å². The molecule has 0 amide bonds. The first-order valence-corrected chi connectivity index (χ1v) is 13.5. The van der Waals surface area contributed by atoms with E-state index in [2.05, 4.69) is 32.0 Å². The first-order valence-electron chi connectivity index (χ1n) is 13.5. The molecule has 0 spiro atoms. The summed E-state index contributed by atoms with van der Waals surface area (Å²) < 4.78 is 0. The molecule has 3 aromatic carbocycles. The Morgan fingerprint density at radius 1 is 1.02 bits per heavy atom. The molecule has 3 heterocycles. The Morgan fingerprint density at radius 3 is 2.45 bits per heavy atom. The van der Waals surface area contributed by atoms with Crippen LogP contribution in [0.1, 0.15) is 41.8 Å². The minimum atomic E-state index is -0.435. The van der Waals surface area contributed by atoms with E-state index in [0.717, 1.165) is 42.3 Å². The summed E-state index contributed by atoms with van der Waals surface area (Å²) in [6.45, 7) is 5.03. The molecule has 1 saturated heterocycles. The summed E-state index contributed by atoms with van der Waals surface area (Å²) in [6.07, 6.45) is 5.56. The van der Waals surface area contributed by atoms with Gasteiger partial charge in [-0.15, -0.1) is 0 Å². The Morgan fingerprint density at radius 2 is 1.77 bits per heavy atom. The summed E-state index contributed by atoms with van der Waals surface area (Å²) >= 11 is 0. The van der Waals surface area contributed by atoms with Crippen molar-refractivity contribution in [2.24, 2.45) is 4.99 Å². The second kappa shape index (κ2) is 10.8. The largest absolute Gasteiger partial charge is 0.494 e. The van der Waals surface area contributed by atoms with Gasteiger partial charge in [0, 0.05) is 35.1 Å². The number of aromatic amines is 2. The van der Waals surface area contributed by atoms with Crippen LogP contribution in [0.15, 0.2) is 77.9 Å².